The molecule has 2 aliphatic rings. The van der Waals surface area contributed by atoms with Crippen LogP contribution in [0, 0.1) is 0 Å². The Balaban J connectivity index is -0.0000000625. The highest BCUT2D eigenvalue weighted by atomic mass is 32.2. The monoisotopic (exact) mass is 496 g/mol. The van der Waals surface area contributed by atoms with Gasteiger partial charge < -0.3 is 31.4 Å². The average Bonchev–Trinajstić information content (AvgIpc) is 2.73. The summed E-state index contributed by atoms with van der Waals surface area (Å²) in [7, 11) is 0. The molecule has 0 atom stereocenters. The predicted octanol–water partition coefficient (Wildman–Crippen LogP) is 3.21. The summed E-state index contributed by atoms with van der Waals surface area (Å²) in [5, 5.41) is 14.6. The van der Waals surface area contributed by atoms with Crippen LogP contribution < -0.4 is 10.6 Å². The Hall–Kier alpha value is 0.810. The van der Waals surface area contributed by atoms with Gasteiger partial charge in [-0.2, -0.15) is 35.3 Å². The molecule has 192 valence electrons. The summed E-state index contributed by atoms with van der Waals surface area (Å²) >= 11 is 5.31. The SMILES string of the molecule is C.C.C1CCNCC1.C1CCNCC1.CSCCO.CSCCOCCSC.O.O. The zero-order valence-corrected chi connectivity index (χ0v) is 20.8. The third kappa shape index (κ3) is 51.5. The normalized spacial score (nSPS) is 14.0. The van der Waals surface area contributed by atoms with Crippen molar-refractivity contribution in [1.82, 2.24) is 10.6 Å². The van der Waals surface area contributed by atoms with Crippen LogP contribution in [-0.4, -0.2) is 98.1 Å². The Labute approximate surface area is 201 Å². The Morgan fingerprint density at radius 2 is 0.967 bits per heavy atom. The largest absolute Gasteiger partial charge is 0.412 e. The van der Waals surface area contributed by atoms with Gasteiger partial charge in [-0.1, -0.05) is 27.7 Å². The first-order chi connectivity index (χ1) is 12.8. The van der Waals surface area contributed by atoms with Gasteiger partial charge in [-0.3, -0.25) is 0 Å². The molecule has 0 aromatic rings. The fraction of sp³-hybridized carbons (Fsp3) is 1.00. The smallest absolute Gasteiger partial charge is 0.0557 e. The molecule has 0 unspecified atom stereocenters. The lowest BCUT2D eigenvalue weighted by Gasteiger charge is -2.08. The Kier molecular flexibility index (Phi) is 70.5. The van der Waals surface area contributed by atoms with Crippen LogP contribution in [-0.2, 0) is 4.74 Å². The third-order valence-electron chi connectivity index (χ3n) is 3.57. The number of hydrogen-bond donors (Lipinski definition) is 3. The van der Waals surface area contributed by atoms with E-state index in [1.807, 2.05) is 29.8 Å². The molecule has 0 saturated carbocycles. The van der Waals surface area contributed by atoms with Crippen molar-refractivity contribution in [1.29, 1.82) is 0 Å². The van der Waals surface area contributed by atoms with E-state index in [1.54, 1.807) is 11.8 Å². The fourth-order valence-corrected chi connectivity index (χ4v) is 2.83. The second-order valence-electron chi connectivity index (χ2n) is 5.94. The van der Waals surface area contributed by atoms with Gasteiger partial charge in [0.15, 0.2) is 0 Å². The van der Waals surface area contributed by atoms with Crippen molar-refractivity contribution in [3.63, 3.8) is 0 Å². The Morgan fingerprint density at radius 3 is 1.10 bits per heavy atom. The molecule has 2 saturated heterocycles. The lowest BCUT2D eigenvalue weighted by atomic mass is 10.2. The summed E-state index contributed by atoms with van der Waals surface area (Å²) in [6.07, 6.45) is 14.6. The lowest BCUT2D eigenvalue weighted by Crippen LogP contribution is -2.21. The molecule has 6 nitrogen and oxygen atoms in total. The molecule has 0 aromatic heterocycles. The lowest BCUT2D eigenvalue weighted by molar-refractivity contribution is 0.167. The van der Waals surface area contributed by atoms with Gasteiger partial charge in [-0.15, -0.1) is 0 Å². The number of rotatable bonds is 8. The molecule has 2 heterocycles. The number of ether oxygens (including phenoxy) is 1. The molecule has 2 rings (SSSR count). The summed E-state index contributed by atoms with van der Waals surface area (Å²) < 4.78 is 5.27. The van der Waals surface area contributed by atoms with Crippen molar-refractivity contribution >= 4 is 35.3 Å². The van der Waals surface area contributed by atoms with E-state index < -0.39 is 0 Å². The maximum absolute atomic E-state index is 8.05. The van der Waals surface area contributed by atoms with Crippen molar-refractivity contribution in [3.8, 4) is 0 Å². The number of aliphatic hydroxyl groups is 1. The fourth-order valence-electron chi connectivity index (χ4n) is 2.08. The van der Waals surface area contributed by atoms with Gasteiger partial charge in [-0.25, -0.2) is 0 Å². The van der Waals surface area contributed by atoms with Crippen molar-refractivity contribution in [2.45, 2.75) is 53.4 Å². The summed E-state index contributed by atoms with van der Waals surface area (Å²) in [4.78, 5) is 0. The van der Waals surface area contributed by atoms with E-state index in [1.165, 1.54) is 64.7 Å². The van der Waals surface area contributed by atoms with E-state index in [-0.39, 0.29) is 25.8 Å². The maximum Gasteiger partial charge on any atom is 0.0557 e. The molecule has 2 fully saturated rings. The van der Waals surface area contributed by atoms with Crippen LogP contribution in [0.3, 0.4) is 0 Å². The van der Waals surface area contributed by atoms with Crippen LogP contribution in [0.2, 0.25) is 0 Å². The molecule has 0 aliphatic carbocycles. The molecule has 0 bridgehead atoms. The average molecular weight is 497 g/mol. The van der Waals surface area contributed by atoms with Crippen LogP contribution in [0.1, 0.15) is 53.4 Å². The number of thioether (sulfide) groups is 3. The van der Waals surface area contributed by atoms with Crippen LogP contribution in [0.5, 0.6) is 0 Å². The van der Waals surface area contributed by atoms with Gasteiger partial charge >= 0.3 is 0 Å². The minimum atomic E-state index is 0. The van der Waals surface area contributed by atoms with Crippen LogP contribution >= 0.6 is 35.3 Å². The van der Waals surface area contributed by atoms with Crippen molar-refractivity contribution in [2.75, 3.05) is 82.0 Å². The summed E-state index contributed by atoms with van der Waals surface area (Å²) in [5.41, 5.74) is 0. The quantitative estimate of drug-likeness (QED) is 0.442. The van der Waals surface area contributed by atoms with Gasteiger partial charge in [0.25, 0.3) is 0 Å². The van der Waals surface area contributed by atoms with E-state index in [9.17, 15) is 0 Å². The Bertz CT molecular complexity index is 185. The molecule has 0 radical (unpaired) electrons. The summed E-state index contributed by atoms with van der Waals surface area (Å²) in [5.74, 6) is 3.10. The number of piperidine rings is 2. The first kappa shape index (κ1) is 44.5. The number of hydrogen-bond acceptors (Lipinski definition) is 7. The van der Waals surface area contributed by atoms with E-state index in [4.69, 9.17) is 9.84 Å². The molecular formula is C21H56N2O4S3. The Morgan fingerprint density at radius 1 is 0.633 bits per heavy atom. The first-order valence-electron chi connectivity index (χ1n) is 9.90. The molecule has 2 aliphatic heterocycles. The molecule has 30 heavy (non-hydrogen) atoms. The minimum Gasteiger partial charge on any atom is -0.412 e. The van der Waals surface area contributed by atoms with Crippen molar-refractivity contribution < 1.29 is 20.8 Å². The number of nitrogens with one attached hydrogen (secondary N) is 2. The molecule has 7 N–H and O–H groups in total. The van der Waals surface area contributed by atoms with Crippen LogP contribution in [0.25, 0.3) is 0 Å². The highest BCUT2D eigenvalue weighted by Crippen LogP contribution is 1.97. The van der Waals surface area contributed by atoms with Crippen LogP contribution in [0.4, 0.5) is 0 Å². The second-order valence-corrected chi connectivity index (χ2v) is 8.89. The zero-order valence-electron chi connectivity index (χ0n) is 18.4. The van der Waals surface area contributed by atoms with Gasteiger partial charge in [0.05, 0.1) is 19.8 Å². The second kappa shape index (κ2) is 47.6. The van der Waals surface area contributed by atoms with Gasteiger partial charge in [-0.05, 0) is 70.6 Å². The third-order valence-corrected chi connectivity index (χ3v) is 5.31. The standard InChI is InChI=1S/C6H14OS2.2C5H11N.C3H8OS.2CH4.2H2O/c1-8-5-3-7-4-6-9-2;2*1-2-4-6-5-3-1;1-5-3-2-4;;;;/h3-6H2,1-2H3;2*6H,1-5H2;4H,2-3H2,1H3;2*1H4;2*1H2. The van der Waals surface area contributed by atoms with Gasteiger partial charge in [0.1, 0.15) is 0 Å². The predicted molar refractivity (Wildman–Crippen MR) is 147 cm³/mol. The summed E-state index contributed by atoms with van der Waals surface area (Å²) in [6, 6.07) is 0. The van der Waals surface area contributed by atoms with Gasteiger partial charge in [0, 0.05) is 17.3 Å². The van der Waals surface area contributed by atoms with Crippen molar-refractivity contribution in [3.05, 3.63) is 0 Å². The van der Waals surface area contributed by atoms with E-state index in [2.05, 4.69) is 23.1 Å². The zero-order chi connectivity index (χ0) is 19.6. The minimum absolute atomic E-state index is 0. The molecule has 0 amide bonds. The molecule has 0 spiro atoms. The first-order valence-corrected chi connectivity index (χ1v) is 14.1. The highest BCUT2D eigenvalue weighted by molar-refractivity contribution is 7.99. The van der Waals surface area contributed by atoms with Crippen LogP contribution in [0.15, 0.2) is 0 Å². The van der Waals surface area contributed by atoms with E-state index >= 15 is 0 Å². The summed E-state index contributed by atoms with van der Waals surface area (Å²) in [6.45, 7) is 7.12. The molecule has 9 heteroatoms. The topological polar surface area (TPSA) is 117 Å². The van der Waals surface area contributed by atoms with E-state index in [0.29, 0.717) is 6.61 Å². The number of aliphatic hydroxyl groups excluding tert-OH is 1. The molecular weight excluding hydrogens is 440 g/mol. The van der Waals surface area contributed by atoms with Gasteiger partial charge in [0.2, 0.25) is 0 Å². The van der Waals surface area contributed by atoms with Crippen molar-refractivity contribution in [2.24, 2.45) is 0 Å². The maximum atomic E-state index is 8.05. The molecule has 0 aromatic carbocycles. The van der Waals surface area contributed by atoms with E-state index in [0.717, 1.165) is 30.5 Å². The highest BCUT2D eigenvalue weighted by Gasteiger charge is 1.94.